The van der Waals surface area contributed by atoms with Gasteiger partial charge < -0.3 is 20.7 Å². The number of benzene rings is 2. The molecule has 2 atom stereocenters. The van der Waals surface area contributed by atoms with Gasteiger partial charge in [0.25, 0.3) is 0 Å². The Bertz CT molecular complexity index is 1620. The molecule has 40 heavy (non-hydrogen) atoms. The number of thiazole rings is 1. The van der Waals surface area contributed by atoms with Gasteiger partial charge in [0.2, 0.25) is 0 Å². The zero-order chi connectivity index (χ0) is 27.0. The fourth-order valence-corrected chi connectivity index (χ4v) is 9.07. The highest BCUT2D eigenvalue weighted by molar-refractivity contribution is 7.22. The van der Waals surface area contributed by atoms with E-state index in [0.717, 1.165) is 30.6 Å². The lowest BCUT2D eigenvalue weighted by Gasteiger charge is -2.34. The summed E-state index contributed by atoms with van der Waals surface area (Å²) in [5.41, 5.74) is 7.98. The first kappa shape index (κ1) is 25.0. The number of fused-ring (bicyclic) bond motifs is 5. The van der Waals surface area contributed by atoms with E-state index in [-0.39, 0.29) is 22.5 Å². The number of para-hydroxylation sites is 1. The normalized spacial score (nSPS) is 27.6. The fraction of sp³-hybridized carbons (Fsp3) is 0.500. The lowest BCUT2D eigenvalue weighted by atomic mass is 9.81. The van der Waals surface area contributed by atoms with Crippen LogP contribution in [0.4, 0.5) is 15.3 Å². The number of nitrogen functional groups attached to an aromatic ring is 1. The second-order valence-corrected chi connectivity index (χ2v) is 13.6. The molecule has 2 saturated carbocycles. The van der Waals surface area contributed by atoms with Crippen LogP contribution in [0.15, 0.2) is 24.3 Å². The summed E-state index contributed by atoms with van der Waals surface area (Å²) in [6, 6.07) is 8.52. The van der Waals surface area contributed by atoms with E-state index in [2.05, 4.69) is 15.2 Å². The Morgan fingerprint density at radius 1 is 1.07 bits per heavy atom. The maximum absolute atomic E-state index is 16.7. The van der Waals surface area contributed by atoms with Crippen molar-refractivity contribution in [1.29, 1.82) is 0 Å². The molecule has 4 heterocycles. The second-order valence-electron chi connectivity index (χ2n) is 12.2. The number of ether oxygens (including phenoxy) is 1. The van der Waals surface area contributed by atoms with Crippen molar-refractivity contribution in [3.63, 3.8) is 0 Å². The molecule has 3 N–H and O–H groups in total. The van der Waals surface area contributed by atoms with Crippen LogP contribution in [0.25, 0.3) is 32.2 Å². The Labute approximate surface area is 241 Å². The number of anilines is 2. The predicted octanol–water partition coefficient (Wildman–Crippen LogP) is 6.57. The minimum Gasteiger partial charge on any atom is -0.463 e. The van der Waals surface area contributed by atoms with Gasteiger partial charge in [0.05, 0.1) is 21.8 Å². The van der Waals surface area contributed by atoms with Crippen LogP contribution >= 0.6 is 22.9 Å². The number of hydrogen-bond acceptors (Lipinski definition) is 8. The number of nitrogens with two attached hydrogens (primary N) is 1. The predicted molar refractivity (Wildman–Crippen MR) is 159 cm³/mol. The molecule has 4 aromatic rings. The van der Waals surface area contributed by atoms with E-state index in [1.807, 2.05) is 24.3 Å². The molecule has 208 valence electrons. The Morgan fingerprint density at radius 3 is 2.62 bits per heavy atom. The van der Waals surface area contributed by atoms with Gasteiger partial charge in [0.1, 0.15) is 11.3 Å². The summed E-state index contributed by atoms with van der Waals surface area (Å²) in [5, 5.41) is 5.03. The smallest absolute Gasteiger partial charge is 0.319 e. The average molecular weight is 579 g/mol. The van der Waals surface area contributed by atoms with Crippen LogP contribution in [0.1, 0.15) is 51.4 Å². The Hall–Kier alpha value is -2.75. The maximum Gasteiger partial charge on any atom is 0.319 e. The summed E-state index contributed by atoms with van der Waals surface area (Å²) in [6.07, 6.45) is 9.71. The highest BCUT2D eigenvalue weighted by Crippen LogP contribution is 2.54. The van der Waals surface area contributed by atoms with Crippen molar-refractivity contribution >= 4 is 55.0 Å². The van der Waals surface area contributed by atoms with E-state index < -0.39 is 5.82 Å². The van der Waals surface area contributed by atoms with Crippen LogP contribution < -0.4 is 20.7 Å². The van der Waals surface area contributed by atoms with Gasteiger partial charge in [-0.1, -0.05) is 47.9 Å². The van der Waals surface area contributed by atoms with Crippen LogP contribution in [-0.2, 0) is 0 Å². The molecule has 2 aliphatic carbocycles. The summed E-state index contributed by atoms with van der Waals surface area (Å²) in [4.78, 5) is 16.4. The third kappa shape index (κ3) is 3.96. The van der Waals surface area contributed by atoms with Crippen molar-refractivity contribution in [3.05, 3.63) is 35.1 Å². The zero-order valence-corrected chi connectivity index (χ0v) is 23.8. The van der Waals surface area contributed by atoms with Gasteiger partial charge in [-0.3, -0.25) is 0 Å². The van der Waals surface area contributed by atoms with Crippen LogP contribution in [-0.4, -0.2) is 46.7 Å². The molecule has 2 aromatic carbocycles. The fourth-order valence-electron chi connectivity index (χ4n) is 8.01. The number of aromatic nitrogens is 3. The molecule has 2 aromatic heterocycles. The molecular formula is C30H32ClFN6OS. The highest BCUT2D eigenvalue weighted by Gasteiger charge is 2.46. The van der Waals surface area contributed by atoms with E-state index in [0.29, 0.717) is 57.0 Å². The number of hydrogen-bond donors (Lipinski definition) is 2. The SMILES string of the molecule is Nc1nc2c(-c3c(Cl)cc4c(N5CC6CCC(C5)N6)nc(OCC56CCCC5CCC6)nc4c3F)cccc2s1. The summed E-state index contributed by atoms with van der Waals surface area (Å²) in [7, 11) is 0. The molecule has 2 aliphatic heterocycles. The van der Waals surface area contributed by atoms with E-state index in [1.54, 1.807) is 0 Å². The largest absolute Gasteiger partial charge is 0.463 e. The van der Waals surface area contributed by atoms with Gasteiger partial charge in [0.15, 0.2) is 10.9 Å². The molecule has 2 bridgehead atoms. The molecular weight excluding hydrogens is 547 g/mol. The van der Waals surface area contributed by atoms with Crippen LogP contribution in [0.2, 0.25) is 5.02 Å². The van der Waals surface area contributed by atoms with Gasteiger partial charge >= 0.3 is 6.01 Å². The molecule has 0 amide bonds. The Balaban J connectivity index is 1.27. The summed E-state index contributed by atoms with van der Waals surface area (Å²) < 4.78 is 24.0. The number of halogens is 2. The Morgan fingerprint density at radius 2 is 1.85 bits per heavy atom. The van der Waals surface area contributed by atoms with E-state index >= 15 is 4.39 Å². The molecule has 4 fully saturated rings. The summed E-state index contributed by atoms with van der Waals surface area (Å²) in [5.74, 6) is 0.934. The molecule has 2 unspecified atom stereocenters. The summed E-state index contributed by atoms with van der Waals surface area (Å²) >= 11 is 8.24. The first-order valence-corrected chi connectivity index (χ1v) is 15.7. The topological polar surface area (TPSA) is 89.2 Å². The molecule has 0 spiro atoms. The second kappa shape index (κ2) is 9.39. The lowest BCUT2D eigenvalue weighted by molar-refractivity contribution is 0.115. The minimum atomic E-state index is -0.481. The third-order valence-electron chi connectivity index (χ3n) is 9.87. The molecule has 0 radical (unpaired) electrons. The number of nitrogens with zero attached hydrogens (tertiary/aromatic N) is 4. The average Bonchev–Trinajstić information content (AvgIpc) is 3.70. The molecule has 10 heteroatoms. The maximum atomic E-state index is 16.7. The van der Waals surface area contributed by atoms with E-state index in [4.69, 9.17) is 32.0 Å². The van der Waals surface area contributed by atoms with Crippen LogP contribution in [0.3, 0.4) is 0 Å². The van der Waals surface area contributed by atoms with Gasteiger partial charge in [-0.15, -0.1) is 0 Å². The minimum absolute atomic E-state index is 0.205. The van der Waals surface area contributed by atoms with Crippen molar-refractivity contribution in [2.75, 3.05) is 30.3 Å². The van der Waals surface area contributed by atoms with Crippen molar-refractivity contribution in [2.45, 2.75) is 63.5 Å². The van der Waals surface area contributed by atoms with E-state index in [1.165, 1.54) is 49.9 Å². The summed E-state index contributed by atoms with van der Waals surface area (Å²) in [6.45, 7) is 2.22. The number of nitrogens with one attached hydrogen (secondary N) is 1. The van der Waals surface area contributed by atoms with Gasteiger partial charge in [-0.05, 0) is 56.6 Å². The molecule has 2 saturated heterocycles. The molecule has 8 rings (SSSR count). The van der Waals surface area contributed by atoms with Crippen LogP contribution in [0.5, 0.6) is 6.01 Å². The van der Waals surface area contributed by atoms with Crippen molar-refractivity contribution < 1.29 is 9.13 Å². The number of piperazine rings is 1. The van der Waals surface area contributed by atoms with Crippen LogP contribution in [0, 0.1) is 17.2 Å². The van der Waals surface area contributed by atoms with Gasteiger partial charge in [-0.2, -0.15) is 9.97 Å². The van der Waals surface area contributed by atoms with E-state index in [9.17, 15) is 0 Å². The van der Waals surface area contributed by atoms with Crippen molar-refractivity contribution in [1.82, 2.24) is 20.3 Å². The monoisotopic (exact) mass is 578 g/mol. The highest BCUT2D eigenvalue weighted by atomic mass is 35.5. The lowest BCUT2D eigenvalue weighted by Crippen LogP contribution is -2.51. The van der Waals surface area contributed by atoms with Crippen molar-refractivity contribution in [2.24, 2.45) is 11.3 Å². The van der Waals surface area contributed by atoms with Gasteiger partial charge in [0, 0.05) is 47.1 Å². The standard InChI is InChI=1S/C30H32ClFN6OS/c31-21-12-20-26(24(32)23(21)19-6-1-7-22-25(19)35-28(33)40-22)36-29(39-15-30-10-2-4-16(30)5-3-11-30)37-27(20)38-13-17-8-9-18(14-38)34-17/h1,6-7,12,16-18,34H,2-5,8-11,13-15H2,(H2,33,35). The Kier molecular flexibility index (Phi) is 5.87. The quantitative estimate of drug-likeness (QED) is 0.277. The first-order chi connectivity index (χ1) is 19.5. The van der Waals surface area contributed by atoms with Crippen molar-refractivity contribution in [3.8, 4) is 17.1 Å². The zero-order valence-electron chi connectivity index (χ0n) is 22.3. The third-order valence-corrected chi connectivity index (χ3v) is 11.0. The number of rotatable bonds is 5. The molecule has 4 aliphatic rings. The molecule has 7 nitrogen and oxygen atoms in total. The van der Waals surface area contributed by atoms with Gasteiger partial charge in [-0.25, -0.2) is 9.37 Å². The first-order valence-electron chi connectivity index (χ1n) is 14.5.